The van der Waals surface area contributed by atoms with Gasteiger partial charge in [-0.3, -0.25) is 0 Å². The first-order valence-corrected chi connectivity index (χ1v) is 7.11. The third-order valence-electron chi connectivity index (χ3n) is 3.32. The smallest absolute Gasteiger partial charge is 0.0781 e. The molecule has 1 aromatic carbocycles. The number of para-hydroxylation sites is 1. The van der Waals surface area contributed by atoms with E-state index >= 15 is 0 Å². The summed E-state index contributed by atoms with van der Waals surface area (Å²) in [5, 5.41) is 9.88. The van der Waals surface area contributed by atoms with Crippen LogP contribution in [-0.2, 0) is 0 Å². The summed E-state index contributed by atoms with van der Waals surface area (Å²) in [5.74, 6) is 0. The molecule has 0 aliphatic rings. The van der Waals surface area contributed by atoms with Crippen LogP contribution in [0.2, 0.25) is 0 Å². The molecule has 0 aromatic heterocycles. The van der Waals surface area contributed by atoms with Gasteiger partial charge in [0.1, 0.15) is 0 Å². The largest absolute Gasteiger partial charge is 0.389 e. The fourth-order valence-electron chi connectivity index (χ4n) is 2.29. The molecule has 0 aliphatic heterocycles. The molecule has 0 spiro atoms. The summed E-state index contributed by atoms with van der Waals surface area (Å²) < 4.78 is 0. The van der Waals surface area contributed by atoms with Gasteiger partial charge in [0.05, 0.1) is 6.10 Å². The lowest BCUT2D eigenvalue weighted by Gasteiger charge is -2.31. The molecule has 2 heteroatoms. The maximum Gasteiger partial charge on any atom is 0.0781 e. The second-order valence-corrected chi connectivity index (χ2v) is 5.23. The van der Waals surface area contributed by atoms with Crippen LogP contribution in [0.4, 0.5) is 5.69 Å². The molecule has 18 heavy (non-hydrogen) atoms. The van der Waals surface area contributed by atoms with E-state index in [1.165, 1.54) is 24.9 Å². The highest BCUT2D eigenvalue weighted by molar-refractivity contribution is 5.55. The number of hydrogen-bond donors (Lipinski definition) is 1. The number of anilines is 1. The summed E-state index contributed by atoms with van der Waals surface area (Å²) in [7, 11) is 0. The van der Waals surface area contributed by atoms with Crippen molar-refractivity contribution in [3.05, 3.63) is 29.8 Å². The van der Waals surface area contributed by atoms with Crippen molar-refractivity contribution in [3.63, 3.8) is 0 Å². The first kappa shape index (κ1) is 15.0. The first-order valence-electron chi connectivity index (χ1n) is 7.11. The highest BCUT2D eigenvalue weighted by Gasteiger charge is 2.15. The maximum atomic E-state index is 9.88. The van der Waals surface area contributed by atoms with Crippen molar-refractivity contribution >= 4 is 5.69 Å². The Morgan fingerprint density at radius 2 is 1.78 bits per heavy atom. The number of nitrogens with zero attached hydrogens (tertiary/aromatic N) is 1. The van der Waals surface area contributed by atoms with Gasteiger partial charge in [-0.15, -0.1) is 0 Å². The van der Waals surface area contributed by atoms with Crippen LogP contribution in [0.1, 0.15) is 58.6 Å². The first-order chi connectivity index (χ1) is 8.57. The summed E-state index contributed by atoms with van der Waals surface area (Å²) in [4.78, 5) is 2.40. The average Bonchev–Trinajstić information content (AvgIpc) is 2.34. The number of aliphatic hydroxyl groups excluding tert-OH is 1. The van der Waals surface area contributed by atoms with Crippen LogP contribution < -0.4 is 4.90 Å². The molecule has 1 rings (SSSR count). The van der Waals surface area contributed by atoms with Gasteiger partial charge in [-0.1, -0.05) is 38.0 Å². The van der Waals surface area contributed by atoms with Crippen molar-refractivity contribution < 1.29 is 5.11 Å². The molecule has 0 aliphatic carbocycles. The van der Waals surface area contributed by atoms with Crippen molar-refractivity contribution in [1.82, 2.24) is 0 Å². The minimum absolute atomic E-state index is 0.409. The number of rotatable bonds is 7. The zero-order valence-corrected chi connectivity index (χ0v) is 12.2. The maximum absolute atomic E-state index is 9.88. The summed E-state index contributed by atoms with van der Waals surface area (Å²) in [6.45, 7) is 9.55. The predicted molar refractivity (Wildman–Crippen MR) is 79.1 cm³/mol. The monoisotopic (exact) mass is 249 g/mol. The molecule has 1 N–H and O–H groups in total. The summed E-state index contributed by atoms with van der Waals surface area (Å²) in [6.07, 6.45) is 3.31. The fourth-order valence-corrected chi connectivity index (χ4v) is 2.29. The Morgan fingerprint density at radius 3 is 2.33 bits per heavy atom. The Labute approximate surface area is 112 Å². The topological polar surface area (TPSA) is 23.5 Å². The molecule has 2 nitrogen and oxygen atoms in total. The quantitative estimate of drug-likeness (QED) is 0.734. The third-order valence-corrected chi connectivity index (χ3v) is 3.32. The Kier molecular flexibility index (Phi) is 6.20. The highest BCUT2D eigenvalue weighted by atomic mass is 16.3. The second kappa shape index (κ2) is 7.42. The Bertz CT molecular complexity index is 347. The van der Waals surface area contributed by atoms with Crippen LogP contribution in [-0.4, -0.2) is 17.7 Å². The number of hydrogen-bond acceptors (Lipinski definition) is 2. The predicted octanol–water partition coefficient (Wildman–Crippen LogP) is 4.14. The SMILES string of the molecule is CCCCCN(c1ccccc1[C@H](C)O)C(C)C. The molecule has 1 aromatic rings. The van der Waals surface area contributed by atoms with Crippen molar-refractivity contribution in [1.29, 1.82) is 0 Å². The van der Waals surface area contributed by atoms with Gasteiger partial charge in [0.2, 0.25) is 0 Å². The third kappa shape index (κ3) is 4.02. The van der Waals surface area contributed by atoms with Gasteiger partial charge in [-0.25, -0.2) is 0 Å². The van der Waals surface area contributed by atoms with Crippen molar-refractivity contribution in [2.75, 3.05) is 11.4 Å². The summed E-state index contributed by atoms with van der Waals surface area (Å²) in [5.41, 5.74) is 2.21. The zero-order valence-electron chi connectivity index (χ0n) is 12.2. The van der Waals surface area contributed by atoms with Crippen LogP contribution in [0.15, 0.2) is 24.3 Å². The zero-order chi connectivity index (χ0) is 13.5. The van der Waals surface area contributed by atoms with E-state index in [0.29, 0.717) is 6.04 Å². The van der Waals surface area contributed by atoms with Crippen molar-refractivity contribution in [2.24, 2.45) is 0 Å². The lowest BCUT2D eigenvalue weighted by Crippen LogP contribution is -2.32. The van der Waals surface area contributed by atoms with Gasteiger partial charge in [0.15, 0.2) is 0 Å². The molecule has 0 saturated heterocycles. The number of aliphatic hydroxyl groups is 1. The molecule has 0 fully saturated rings. The molecule has 0 amide bonds. The number of benzene rings is 1. The van der Waals surface area contributed by atoms with E-state index in [0.717, 1.165) is 12.1 Å². The Balaban J connectivity index is 2.91. The van der Waals surface area contributed by atoms with E-state index in [-0.39, 0.29) is 0 Å². The van der Waals surface area contributed by atoms with Gasteiger partial charge >= 0.3 is 0 Å². The molecule has 0 unspecified atom stereocenters. The minimum Gasteiger partial charge on any atom is -0.389 e. The van der Waals surface area contributed by atoms with Crippen LogP contribution in [0.3, 0.4) is 0 Å². The molecular formula is C16H27NO. The average molecular weight is 249 g/mol. The molecular weight excluding hydrogens is 222 g/mol. The van der Waals surface area contributed by atoms with Crippen molar-refractivity contribution in [3.8, 4) is 0 Å². The van der Waals surface area contributed by atoms with E-state index < -0.39 is 6.10 Å². The van der Waals surface area contributed by atoms with E-state index in [1.54, 1.807) is 0 Å². The van der Waals surface area contributed by atoms with Crippen LogP contribution in [0, 0.1) is 0 Å². The molecule has 0 saturated carbocycles. The normalized spacial score (nSPS) is 12.8. The Hall–Kier alpha value is -1.02. The molecule has 0 bridgehead atoms. The Morgan fingerprint density at radius 1 is 1.11 bits per heavy atom. The lowest BCUT2D eigenvalue weighted by molar-refractivity contribution is 0.199. The van der Waals surface area contributed by atoms with Crippen LogP contribution in [0.5, 0.6) is 0 Å². The molecule has 0 heterocycles. The minimum atomic E-state index is -0.409. The summed E-state index contributed by atoms with van der Waals surface area (Å²) >= 11 is 0. The van der Waals surface area contributed by atoms with Gasteiger partial charge in [-0.2, -0.15) is 0 Å². The second-order valence-electron chi connectivity index (χ2n) is 5.23. The van der Waals surface area contributed by atoms with Crippen molar-refractivity contribution in [2.45, 2.75) is 59.1 Å². The molecule has 1 atom stereocenters. The van der Waals surface area contributed by atoms with Crippen LogP contribution >= 0.6 is 0 Å². The molecule has 102 valence electrons. The van der Waals surface area contributed by atoms with Gasteiger partial charge in [0, 0.05) is 23.8 Å². The number of unbranched alkanes of at least 4 members (excludes halogenated alkanes) is 2. The fraction of sp³-hybridized carbons (Fsp3) is 0.625. The van der Waals surface area contributed by atoms with E-state index in [2.05, 4.69) is 37.8 Å². The van der Waals surface area contributed by atoms with Crippen LogP contribution in [0.25, 0.3) is 0 Å². The van der Waals surface area contributed by atoms with E-state index in [4.69, 9.17) is 0 Å². The highest BCUT2D eigenvalue weighted by Crippen LogP contribution is 2.27. The van der Waals surface area contributed by atoms with E-state index in [1.807, 2.05) is 19.1 Å². The van der Waals surface area contributed by atoms with Gasteiger partial charge in [0.25, 0.3) is 0 Å². The van der Waals surface area contributed by atoms with E-state index in [9.17, 15) is 5.11 Å². The summed E-state index contributed by atoms with van der Waals surface area (Å²) in [6, 6.07) is 8.65. The standard InChI is InChI=1S/C16H27NO/c1-5-6-9-12-17(13(2)3)16-11-8-7-10-15(16)14(4)18/h7-8,10-11,13-14,18H,5-6,9,12H2,1-4H3/t14-/m0/s1. The van der Waals surface area contributed by atoms with Gasteiger partial charge in [-0.05, 0) is 33.3 Å². The molecule has 0 radical (unpaired) electrons. The lowest BCUT2D eigenvalue weighted by atomic mass is 10.1. The van der Waals surface area contributed by atoms with Gasteiger partial charge < -0.3 is 10.0 Å².